The van der Waals surface area contributed by atoms with Crippen molar-refractivity contribution in [3.8, 4) is 0 Å². The summed E-state index contributed by atoms with van der Waals surface area (Å²) >= 11 is 7.87. The first-order chi connectivity index (χ1) is 8.44. The number of hydrogen-bond acceptors (Lipinski definition) is 2. The van der Waals surface area contributed by atoms with Gasteiger partial charge in [-0.2, -0.15) is 0 Å². The summed E-state index contributed by atoms with van der Waals surface area (Å²) in [5.41, 5.74) is -0.682. The maximum atomic E-state index is 12.1. The highest BCUT2D eigenvalue weighted by atomic mass is 127. The standard InChI is InChI=1S/C12H11ClINO3/c13-7-2-3-9(14)8(6-7)10(16)15-12(11(17)18)4-1-5-12/h2-3,6H,1,4-5H2,(H,15,16)(H,17,18). The quantitative estimate of drug-likeness (QED) is 0.794. The average molecular weight is 380 g/mol. The zero-order valence-corrected chi connectivity index (χ0v) is 12.3. The highest BCUT2D eigenvalue weighted by molar-refractivity contribution is 14.1. The van der Waals surface area contributed by atoms with Gasteiger partial charge in [0.15, 0.2) is 0 Å². The number of benzene rings is 1. The first-order valence-corrected chi connectivity index (χ1v) is 6.91. The summed E-state index contributed by atoms with van der Waals surface area (Å²) in [6.07, 6.45) is 1.77. The van der Waals surface area contributed by atoms with E-state index in [9.17, 15) is 9.59 Å². The Bertz CT molecular complexity index is 514. The minimum atomic E-state index is -1.09. The lowest BCUT2D eigenvalue weighted by Gasteiger charge is -2.38. The van der Waals surface area contributed by atoms with Crippen molar-refractivity contribution in [1.82, 2.24) is 5.32 Å². The predicted molar refractivity (Wildman–Crippen MR) is 75.9 cm³/mol. The van der Waals surface area contributed by atoms with Gasteiger partial charge in [0.1, 0.15) is 5.54 Å². The van der Waals surface area contributed by atoms with Crippen LogP contribution in [0.5, 0.6) is 0 Å². The summed E-state index contributed by atoms with van der Waals surface area (Å²) in [7, 11) is 0. The molecule has 6 heteroatoms. The molecule has 1 aliphatic carbocycles. The number of carboxylic acids is 1. The van der Waals surface area contributed by atoms with Gasteiger partial charge in [0.05, 0.1) is 5.56 Å². The number of nitrogens with one attached hydrogen (secondary N) is 1. The van der Waals surface area contributed by atoms with E-state index in [2.05, 4.69) is 5.32 Å². The van der Waals surface area contributed by atoms with Gasteiger partial charge in [0, 0.05) is 8.59 Å². The second-order valence-electron chi connectivity index (χ2n) is 4.32. The van der Waals surface area contributed by atoms with Crippen LogP contribution in [0.1, 0.15) is 29.6 Å². The van der Waals surface area contributed by atoms with Crippen molar-refractivity contribution in [3.05, 3.63) is 32.4 Å². The van der Waals surface area contributed by atoms with Crippen molar-refractivity contribution >= 4 is 46.1 Å². The number of carboxylic acid groups (broad SMARTS) is 1. The molecule has 0 saturated heterocycles. The van der Waals surface area contributed by atoms with E-state index in [0.717, 1.165) is 9.99 Å². The average Bonchev–Trinajstić information content (AvgIpc) is 2.26. The van der Waals surface area contributed by atoms with Crippen LogP contribution in [0.2, 0.25) is 5.02 Å². The summed E-state index contributed by atoms with van der Waals surface area (Å²) in [5.74, 6) is -1.36. The van der Waals surface area contributed by atoms with Gasteiger partial charge in [-0.3, -0.25) is 4.79 Å². The summed E-state index contributed by atoms with van der Waals surface area (Å²) < 4.78 is 0.745. The molecule has 1 saturated carbocycles. The molecule has 2 N–H and O–H groups in total. The molecule has 96 valence electrons. The van der Waals surface area contributed by atoms with Crippen LogP contribution >= 0.6 is 34.2 Å². The largest absolute Gasteiger partial charge is 0.480 e. The van der Waals surface area contributed by atoms with Crippen LogP contribution in [-0.2, 0) is 4.79 Å². The number of hydrogen-bond donors (Lipinski definition) is 2. The van der Waals surface area contributed by atoms with Gasteiger partial charge in [0.2, 0.25) is 0 Å². The molecule has 1 aliphatic rings. The summed E-state index contributed by atoms with van der Waals surface area (Å²) in [6, 6.07) is 4.97. The van der Waals surface area contributed by atoms with E-state index in [0.29, 0.717) is 23.4 Å². The molecule has 0 unspecified atom stereocenters. The number of halogens is 2. The normalized spacial score (nSPS) is 16.8. The van der Waals surface area contributed by atoms with Gasteiger partial charge in [0.25, 0.3) is 5.91 Å². The van der Waals surface area contributed by atoms with Crippen LogP contribution in [-0.4, -0.2) is 22.5 Å². The van der Waals surface area contributed by atoms with E-state index in [1.165, 1.54) is 0 Å². The van der Waals surface area contributed by atoms with Crippen LogP contribution in [0.15, 0.2) is 18.2 Å². The van der Waals surface area contributed by atoms with Crippen LogP contribution in [0.3, 0.4) is 0 Å². The van der Waals surface area contributed by atoms with Crippen molar-refractivity contribution in [2.24, 2.45) is 0 Å². The minimum absolute atomic E-state index is 0.385. The Morgan fingerprint density at radius 1 is 1.39 bits per heavy atom. The zero-order valence-electron chi connectivity index (χ0n) is 9.37. The molecule has 1 fully saturated rings. The van der Waals surface area contributed by atoms with E-state index < -0.39 is 11.5 Å². The lowest BCUT2D eigenvalue weighted by Crippen LogP contribution is -2.59. The van der Waals surface area contributed by atoms with Gasteiger partial charge in [-0.15, -0.1) is 0 Å². The minimum Gasteiger partial charge on any atom is -0.480 e. The van der Waals surface area contributed by atoms with Gasteiger partial charge in [-0.05, 0) is 60.1 Å². The van der Waals surface area contributed by atoms with Crippen molar-refractivity contribution in [1.29, 1.82) is 0 Å². The molecule has 2 rings (SSSR count). The highest BCUT2D eigenvalue weighted by Gasteiger charge is 2.45. The SMILES string of the molecule is O=C(NC1(C(=O)O)CCC1)c1cc(Cl)ccc1I. The van der Waals surface area contributed by atoms with Crippen molar-refractivity contribution in [3.63, 3.8) is 0 Å². The molecule has 18 heavy (non-hydrogen) atoms. The predicted octanol–water partition coefficient (Wildman–Crippen LogP) is 2.68. The van der Waals surface area contributed by atoms with Crippen LogP contribution in [0.25, 0.3) is 0 Å². The third kappa shape index (κ3) is 2.47. The van der Waals surface area contributed by atoms with Gasteiger partial charge in [-0.1, -0.05) is 11.6 Å². The Hall–Kier alpha value is -0.820. The first kappa shape index (κ1) is 13.6. The van der Waals surface area contributed by atoms with E-state index in [4.69, 9.17) is 16.7 Å². The molecule has 1 aromatic carbocycles. The van der Waals surface area contributed by atoms with Gasteiger partial charge < -0.3 is 10.4 Å². The van der Waals surface area contributed by atoms with E-state index in [1.807, 2.05) is 22.6 Å². The molecule has 4 nitrogen and oxygen atoms in total. The lowest BCUT2D eigenvalue weighted by molar-refractivity contribution is -0.148. The van der Waals surface area contributed by atoms with Crippen LogP contribution < -0.4 is 5.32 Å². The van der Waals surface area contributed by atoms with Gasteiger partial charge in [-0.25, -0.2) is 4.79 Å². The molecule has 0 atom stereocenters. The second-order valence-corrected chi connectivity index (χ2v) is 5.92. The molecule has 0 radical (unpaired) electrons. The molecule has 1 amide bonds. The third-order valence-electron chi connectivity index (χ3n) is 3.14. The Labute approximate surface area is 123 Å². The van der Waals surface area contributed by atoms with Crippen molar-refractivity contribution in [2.75, 3.05) is 0 Å². The van der Waals surface area contributed by atoms with Crippen molar-refractivity contribution in [2.45, 2.75) is 24.8 Å². The fraction of sp³-hybridized carbons (Fsp3) is 0.333. The smallest absolute Gasteiger partial charge is 0.329 e. The van der Waals surface area contributed by atoms with Gasteiger partial charge >= 0.3 is 5.97 Å². The number of amides is 1. The maximum Gasteiger partial charge on any atom is 0.329 e. The lowest BCUT2D eigenvalue weighted by atomic mass is 9.76. The molecule has 0 aliphatic heterocycles. The topological polar surface area (TPSA) is 66.4 Å². The first-order valence-electron chi connectivity index (χ1n) is 5.45. The number of aliphatic carboxylic acids is 1. The molecule has 0 heterocycles. The second kappa shape index (κ2) is 5.05. The summed E-state index contributed by atoms with van der Waals surface area (Å²) in [4.78, 5) is 23.3. The number of carbonyl (C=O) groups is 2. The Kier molecular flexibility index (Phi) is 3.82. The molecule has 0 aromatic heterocycles. The zero-order chi connectivity index (χ0) is 13.3. The van der Waals surface area contributed by atoms with E-state index in [-0.39, 0.29) is 5.91 Å². The Balaban J connectivity index is 2.22. The Morgan fingerprint density at radius 2 is 2.06 bits per heavy atom. The molecule has 0 spiro atoms. The number of rotatable bonds is 3. The molecule has 1 aromatic rings. The monoisotopic (exact) mass is 379 g/mol. The maximum absolute atomic E-state index is 12.1. The van der Waals surface area contributed by atoms with Crippen LogP contribution in [0.4, 0.5) is 0 Å². The number of carbonyl (C=O) groups excluding carboxylic acids is 1. The third-order valence-corrected chi connectivity index (χ3v) is 4.32. The Morgan fingerprint density at radius 3 is 2.56 bits per heavy atom. The highest BCUT2D eigenvalue weighted by Crippen LogP contribution is 2.32. The van der Waals surface area contributed by atoms with Crippen LogP contribution in [0, 0.1) is 3.57 Å². The van der Waals surface area contributed by atoms with E-state index in [1.54, 1.807) is 18.2 Å². The summed E-state index contributed by atoms with van der Waals surface area (Å²) in [5, 5.41) is 12.2. The molecule has 0 bridgehead atoms. The molecular formula is C12H11ClINO3. The summed E-state index contributed by atoms with van der Waals surface area (Å²) in [6.45, 7) is 0. The molecular weight excluding hydrogens is 368 g/mol. The fourth-order valence-corrected chi connectivity index (χ4v) is 2.63. The van der Waals surface area contributed by atoms with Crippen molar-refractivity contribution < 1.29 is 14.7 Å². The van der Waals surface area contributed by atoms with E-state index >= 15 is 0 Å². The fourth-order valence-electron chi connectivity index (χ4n) is 1.88.